The van der Waals surface area contributed by atoms with Crippen LogP contribution < -0.4 is 9.80 Å². The van der Waals surface area contributed by atoms with Crippen molar-refractivity contribution in [3.05, 3.63) is 51.7 Å². The summed E-state index contributed by atoms with van der Waals surface area (Å²) in [6.45, 7) is 6.41. The van der Waals surface area contributed by atoms with Crippen LogP contribution in [0.1, 0.15) is 4.88 Å². The molecule has 130 valence electrons. The van der Waals surface area contributed by atoms with Crippen molar-refractivity contribution in [3.63, 3.8) is 0 Å². The van der Waals surface area contributed by atoms with Crippen molar-refractivity contribution < 1.29 is 9.80 Å². The fraction of sp³-hybridized carbons (Fsp3) is 0.353. The molecule has 1 aliphatic heterocycles. The first-order chi connectivity index (χ1) is 12.3. The third kappa shape index (κ3) is 4.24. The molecule has 25 heavy (non-hydrogen) atoms. The minimum absolute atomic E-state index is 0.693. The summed E-state index contributed by atoms with van der Waals surface area (Å²) in [7, 11) is 0. The molecule has 0 amide bonds. The molecule has 6 nitrogen and oxygen atoms in total. The fourth-order valence-corrected chi connectivity index (χ4v) is 4.36. The maximum absolute atomic E-state index is 6.02. The van der Waals surface area contributed by atoms with Crippen molar-refractivity contribution in [3.8, 4) is 11.4 Å². The highest BCUT2D eigenvalue weighted by Crippen LogP contribution is 2.20. The van der Waals surface area contributed by atoms with E-state index in [9.17, 15) is 0 Å². The average molecular weight is 377 g/mol. The molecule has 0 bridgehead atoms. The number of rotatable bonds is 5. The van der Waals surface area contributed by atoms with Crippen LogP contribution >= 0.6 is 22.9 Å². The highest BCUT2D eigenvalue weighted by Gasteiger charge is 2.24. The summed E-state index contributed by atoms with van der Waals surface area (Å²) in [5.41, 5.74) is 1.01. The molecule has 1 fully saturated rings. The molecule has 0 spiro atoms. The van der Waals surface area contributed by atoms with E-state index in [1.165, 1.54) is 9.78 Å². The summed E-state index contributed by atoms with van der Waals surface area (Å²) >= 11 is 7.71. The molecule has 2 aromatic heterocycles. The first-order valence-electron chi connectivity index (χ1n) is 8.51. The molecule has 3 heterocycles. The van der Waals surface area contributed by atoms with Gasteiger partial charge in [-0.3, -0.25) is 0 Å². The van der Waals surface area contributed by atoms with Gasteiger partial charge in [0.1, 0.15) is 32.7 Å². The van der Waals surface area contributed by atoms with Gasteiger partial charge < -0.3 is 9.80 Å². The van der Waals surface area contributed by atoms with Crippen LogP contribution in [0, 0.1) is 0 Å². The molecule has 4 rings (SSSR count). The van der Waals surface area contributed by atoms with Gasteiger partial charge in [0.15, 0.2) is 6.67 Å². The maximum atomic E-state index is 6.02. The highest BCUT2D eigenvalue weighted by atomic mass is 35.5. The number of thiophene rings is 1. The van der Waals surface area contributed by atoms with Crippen LogP contribution in [0.2, 0.25) is 4.34 Å². The average Bonchev–Trinajstić information content (AvgIpc) is 3.27. The van der Waals surface area contributed by atoms with Crippen molar-refractivity contribution in [1.29, 1.82) is 0 Å². The second-order valence-corrected chi connectivity index (χ2v) is 8.19. The molecule has 0 saturated carbocycles. The Morgan fingerprint density at radius 1 is 1.00 bits per heavy atom. The van der Waals surface area contributed by atoms with Crippen LogP contribution in [0.4, 0.5) is 0 Å². The molecular weight excluding hydrogens is 356 g/mol. The van der Waals surface area contributed by atoms with E-state index in [4.69, 9.17) is 11.6 Å². The molecule has 1 aliphatic rings. The minimum Gasteiger partial charge on any atom is -0.321 e. The van der Waals surface area contributed by atoms with E-state index < -0.39 is 0 Å². The van der Waals surface area contributed by atoms with Gasteiger partial charge in [-0.05, 0) is 17.3 Å². The minimum atomic E-state index is 0.693. The van der Waals surface area contributed by atoms with E-state index in [1.807, 2.05) is 36.4 Å². The van der Waals surface area contributed by atoms with Crippen molar-refractivity contribution in [1.82, 2.24) is 20.2 Å². The van der Waals surface area contributed by atoms with Crippen molar-refractivity contribution >= 4 is 22.9 Å². The smallest absolute Gasteiger partial charge is 0.205 e. The predicted octanol–water partition coefficient (Wildman–Crippen LogP) is -0.00390. The summed E-state index contributed by atoms with van der Waals surface area (Å²) in [5, 5.41) is 12.9. The zero-order chi connectivity index (χ0) is 17.1. The van der Waals surface area contributed by atoms with Gasteiger partial charge in [-0.2, -0.15) is 0 Å². The number of tetrazole rings is 1. The van der Waals surface area contributed by atoms with E-state index in [0.717, 1.165) is 49.3 Å². The zero-order valence-electron chi connectivity index (χ0n) is 13.9. The number of nitrogens with one attached hydrogen (secondary N) is 2. The van der Waals surface area contributed by atoms with E-state index in [1.54, 1.807) is 21.0 Å². The lowest BCUT2D eigenvalue weighted by atomic mass is 10.2. The Morgan fingerprint density at radius 3 is 2.48 bits per heavy atom. The number of benzene rings is 1. The molecule has 1 aromatic carbocycles. The SMILES string of the molecule is Clc1ccc(C[NH+]2CC[NH+](Cn3nnc(-c4ccccc4)n3)CC2)s1. The van der Waals surface area contributed by atoms with Crippen LogP contribution in [0.3, 0.4) is 0 Å². The lowest BCUT2D eigenvalue weighted by Crippen LogP contribution is -3.27. The van der Waals surface area contributed by atoms with Gasteiger partial charge in [0.25, 0.3) is 0 Å². The molecule has 0 aliphatic carbocycles. The van der Waals surface area contributed by atoms with E-state index >= 15 is 0 Å². The Labute approximate surface area is 155 Å². The van der Waals surface area contributed by atoms with E-state index in [0.29, 0.717) is 5.82 Å². The van der Waals surface area contributed by atoms with E-state index in [2.05, 4.69) is 21.5 Å². The molecule has 0 radical (unpaired) electrons. The van der Waals surface area contributed by atoms with Gasteiger partial charge in [-0.25, -0.2) is 0 Å². The van der Waals surface area contributed by atoms with Crippen molar-refractivity contribution in [2.24, 2.45) is 0 Å². The Kier molecular flexibility index (Phi) is 5.07. The molecule has 0 unspecified atom stereocenters. The quantitative estimate of drug-likeness (QED) is 0.659. The topological polar surface area (TPSA) is 52.5 Å². The first kappa shape index (κ1) is 16.7. The Balaban J connectivity index is 1.29. The number of aromatic nitrogens is 4. The standard InChI is InChI=1S/C17H19ClN6S/c18-16-7-6-15(25-16)12-22-8-10-23(11-9-22)13-24-20-17(19-21-24)14-4-2-1-3-5-14/h1-7H,8-13H2/p+2. The van der Waals surface area contributed by atoms with Gasteiger partial charge in [0, 0.05) is 5.56 Å². The number of piperazine rings is 1. The van der Waals surface area contributed by atoms with Crippen molar-refractivity contribution in [2.45, 2.75) is 13.2 Å². The maximum Gasteiger partial charge on any atom is 0.205 e. The number of hydrogen-bond donors (Lipinski definition) is 2. The monoisotopic (exact) mass is 376 g/mol. The Bertz CT molecular complexity index is 809. The van der Waals surface area contributed by atoms with Gasteiger partial charge in [-0.1, -0.05) is 41.9 Å². The summed E-state index contributed by atoms with van der Waals surface area (Å²) in [6, 6.07) is 14.1. The first-order valence-corrected chi connectivity index (χ1v) is 9.70. The predicted molar refractivity (Wildman–Crippen MR) is 97.7 cm³/mol. The fourth-order valence-electron chi connectivity index (χ4n) is 3.20. The van der Waals surface area contributed by atoms with Gasteiger partial charge in [0.05, 0.1) is 9.21 Å². The van der Waals surface area contributed by atoms with Gasteiger partial charge >= 0.3 is 0 Å². The van der Waals surface area contributed by atoms with Crippen LogP contribution in [0.25, 0.3) is 11.4 Å². The zero-order valence-corrected chi connectivity index (χ0v) is 15.4. The summed E-state index contributed by atoms with van der Waals surface area (Å²) in [6.07, 6.45) is 0. The number of nitrogens with zero attached hydrogens (tertiary/aromatic N) is 4. The molecule has 0 atom stereocenters. The van der Waals surface area contributed by atoms with Crippen LogP contribution in [-0.4, -0.2) is 46.4 Å². The van der Waals surface area contributed by atoms with Gasteiger partial charge in [-0.15, -0.1) is 26.3 Å². The van der Waals surface area contributed by atoms with E-state index in [-0.39, 0.29) is 0 Å². The molecule has 8 heteroatoms. The third-order valence-electron chi connectivity index (χ3n) is 4.57. The normalized spacial score (nSPS) is 20.7. The largest absolute Gasteiger partial charge is 0.321 e. The van der Waals surface area contributed by atoms with Crippen LogP contribution in [-0.2, 0) is 13.2 Å². The number of halogens is 1. The summed E-state index contributed by atoms with van der Waals surface area (Å²) < 4.78 is 0.880. The highest BCUT2D eigenvalue weighted by molar-refractivity contribution is 7.16. The second-order valence-electron chi connectivity index (χ2n) is 6.39. The lowest BCUT2D eigenvalue weighted by Gasteiger charge is -2.28. The molecular formula is C17H21ClN6S+2. The van der Waals surface area contributed by atoms with Crippen LogP contribution in [0.5, 0.6) is 0 Å². The molecule has 3 aromatic rings. The van der Waals surface area contributed by atoms with Crippen LogP contribution in [0.15, 0.2) is 42.5 Å². The Hall–Kier alpha value is -1.80. The lowest BCUT2D eigenvalue weighted by molar-refractivity contribution is -1.03. The Morgan fingerprint density at radius 2 is 1.76 bits per heavy atom. The van der Waals surface area contributed by atoms with Crippen molar-refractivity contribution in [2.75, 3.05) is 26.2 Å². The molecule has 2 N–H and O–H groups in total. The number of hydrogen-bond acceptors (Lipinski definition) is 4. The third-order valence-corrected chi connectivity index (χ3v) is 5.80. The summed E-state index contributed by atoms with van der Waals surface area (Å²) in [4.78, 5) is 6.22. The van der Waals surface area contributed by atoms with Gasteiger partial charge in [0.2, 0.25) is 5.82 Å². The summed E-state index contributed by atoms with van der Waals surface area (Å²) in [5.74, 6) is 0.693. The number of quaternary nitrogens is 2. The second kappa shape index (κ2) is 7.61. The molecule has 1 saturated heterocycles.